The molecule has 13 heteroatoms. The van der Waals surface area contributed by atoms with E-state index in [-0.39, 0.29) is 18.5 Å². The summed E-state index contributed by atoms with van der Waals surface area (Å²) in [5.74, 6) is -5.19. The Balaban J connectivity index is 1.80. The number of aromatic nitrogens is 1. The predicted octanol–water partition coefficient (Wildman–Crippen LogP) is 1.97. The molecule has 2 aliphatic heterocycles. The van der Waals surface area contributed by atoms with Gasteiger partial charge in [0.2, 0.25) is 0 Å². The molecule has 0 spiro atoms. The highest BCUT2D eigenvalue weighted by atomic mass is 19.4. The topological polar surface area (TPSA) is 118 Å². The van der Waals surface area contributed by atoms with Gasteiger partial charge in [-0.15, -0.1) is 0 Å². The highest BCUT2D eigenvalue weighted by molar-refractivity contribution is 6.09. The number of anilines is 1. The summed E-state index contributed by atoms with van der Waals surface area (Å²) < 4.78 is 78.5. The minimum Gasteiger partial charge on any atom is -0.401 e. The first-order chi connectivity index (χ1) is 14.3. The van der Waals surface area contributed by atoms with E-state index in [1.54, 1.807) is 4.90 Å². The number of carbonyl (C=O) groups is 1. The van der Waals surface area contributed by atoms with Crippen LogP contribution in [0.4, 0.5) is 32.0 Å². The molecule has 0 aliphatic carbocycles. The molecule has 2 atom stereocenters. The van der Waals surface area contributed by atoms with Crippen LogP contribution in [-0.4, -0.2) is 47.2 Å². The van der Waals surface area contributed by atoms with Gasteiger partial charge in [0, 0.05) is 30.3 Å². The molecule has 0 saturated carbocycles. The van der Waals surface area contributed by atoms with Gasteiger partial charge in [0.15, 0.2) is 6.10 Å². The molecule has 170 valence electrons. The number of pyridine rings is 1. The van der Waals surface area contributed by atoms with Gasteiger partial charge in [-0.05, 0) is 25.0 Å². The number of hydrogen-bond donors (Lipinski definition) is 3. The van der Waals surface area contributed by atoms with Gasteiger partial charge in [0.25, 0.3) is 5.91 Å². The second kappa shape index (κ2) is 8.02. The molecule has 1 amide bonds. The van der Waals surface area contributed by atoms with E-state index < -0.39 is 53.3 Å². The Labute approximate surface area is 172 Å². The molecule has 3 heterocycles. The number of nitrogens with two attached hydrogens (primary N) is 2. The Kier molecular flexibility index (Phi) is 5.91. The average Bonchev–Trinajstić information content (AvgIpc) is 2.68. The van der Waals surface area contributed by atoms with E-state index in [4.69, 9.17) is 11.5 Å². The van der Waals surface area contributed by atoms with Gasteiger partial charge in [-0.25, -0.2) is 4.98 Å². The van der Waals surface area contributed by atoms with E-state index in [2.05, 4.69) is 9.98 Å². The van der Waals surface area contributed by atoms with Crippen LogP contribution in [0.3, 0.4) is 0 Å². The highest BCUT2D eigenvalue weighted by Gasteiger charge is 2.53. The summed E-state index contributed by atoms with van der Waals surface area (Å²) in [6, 6.07) is 2.12. The minimum atomic E-state index is -4.97. The third-order valence-electron chi connectivity index (χ3n) is 5.39. The van der Waals surface area contributed by atoms with Crippen molar-refractivity contribution in [2.75, 3.05) is 18.0 Å². The number of aliphatic imine (C=N–C) groups is 1. The molecule has 5 N–H and O–H groups in total. The number of hydrogen-bond acceptors (Lipinski definition) is 6. The number of alkyl halides is 6. The number of amidine groups is 1. The van der Waals surface area contributed by atoms with Crippen molar-refractivity contribution in [3.63, 3.8) is 0 Å². The number of rotatable bonds is 2. The number of nitrogens with zero attached hydrogens (tertiary/aromatic N) is 3. The number of piperidine rings is 1. The van der Waals surface area contributed by atoms with Crippen molar-refractivity contribution in [2.24, 2.45) is 28.3 Å². The molecule has 0 aromatic carbocycles. The fourth-order valence-electron chi connectivity index (χ4n) is 3.78. The second-order valence-electron chi connectivity index (χ2n) is 7.33. The Morgan fingerprint density at radius 3 is 2.23 bits per heavy atom. The normalized spacial score (nSPS) is 25.5. The fourth-order valence-corrected chi connectivity index (χ4v) is 3.78. The van der Waals surface area contributed by atoms with Crippen molar-refractivity contribution in [1.82, 2.24) is 4.98 Å². The van der Waals surface area contributed by atoms with E-state index >= 15 is 0 Å². The van der Waals surface area contributed by atoms with Gasteiger partial charge in [0.1, 0.15) is 17.4 Å². The van der Waals surface area contributed by atoms with Crippen LogP contribution < -0.4 is 16.4 Å². The largest absolute Gasteiger partial charge is 0.433 e. The monoisotopic (exact) mass is 451 g/mol. The summed E-state index contributed by atoms with van der Waals surface area (Å²) in [6.45, 7) is 0.585. The summed E-state index contributed by atoms with van der Waals surface area (Å²) in [4.78, 5) is 19.9. The molecule has 1 fully saturated rings. The van der Waals surface area contributed by atoms with Gasteiger partial charge in [0.05, 0.1) is 11.9 Å². The first-order valence-electron chi connectivity index (χ1n) is 9.21. The number of aliphatic hydroxyl groups excluding tert-OH is 1. The molecule has 3 rings (SSSR count). The number of amides is 1. The van der Waals surface area contributed by atoms with Crippen LogP contribution in [-0.2, 0) is 11.0 Å². The maximum Gasteiger partial charge on any atom is 0.433 e. The SMILES string of the molecule is NC1=NC(=O)[C@H](O)[C@H](C(F)(F)F)C1=C(N)C1CCN(c2ccc(C(F)(F)F)nc2)CC1. The molecule has 0 radical (unpaired) electrons. The maximum atomic E-state index is 13.5. The van der Waals surface area contributed by atoms with E-state index in [1.807, 2.05) is 0 Å². The summed E-state index contributed by atoms with van der Waals surface area (Å²) in [7, 11) is 0. The summed E-state index contributed by atoms with van der Waals surface area (Å²) in [6.07, 6.45) is -10.3. The van der Waals surface area contributed by atoms with Crippen molar-refractivity contribution in [3.8, 4) is 0 Å². The number of carbonyl (C=O) groups excluding carboxylic acids is 1. The summed E-state index contributed by atoms with van der Waals surface area (Å²) in [5.41, 5.74) is 10.2. The molecule has 1 aromatic rings. The smallest absolute Gasteiger partial charge is 0.401 e. The van der Waals surface area contributed by atoms with Crippen LogP contribution in [0.25, 0.3) is 0 Å². The predicted molar refractivity (Wildman–Crippen MR) is 97.6 cm³/mol. The molecule has 2 aliphatic rings. The second-order valence-corrected chi connectivity index (χ2v) is 7.33. The molecule has 7 nitrogen and oxygen atoms in total. The van der Waals surface area contributed by atoms with Crippen molar-refractivity contribution < 1.29 is 36.2 Å². The first kappa shape index (κ1) is 22.8. The zero-order chi connectivity index (χ0) is 23.1. The van der Waals surface area contributed by atoms with Crippen LogP contribution in [0.5, 0.6) is 0 Å². The summed E-state index contributed by atoms with van der Waals surface area (Å²) in [5, 5.41) is 9.76. The molecule has 0 unspecified atom stereocenters. The van der Waals surface area contributed by atoms with Gasteiger partial charge in [-0.1, -0.05) is 0 Å². The Bertz CT molecular complexity index is 902. The maximum absolute atomic E-state index is 13.5. The number of allylic oxidation sites excluding steroid dienone is 1. The van der Waals surface area contributed by atoms with Crippen molar-refractivity contribution in [3.05, 3.63) is 35.3 Å². The molecule has 31 heavy (non-hydrogen) atoms. The lowest BCUT2D eigenvalue weighted by Gasteiger charge is -2.36. The molecule has 1 aromatic heterocycles. The van der Waals surface area contributed by atoms with Crippen LogP contribution >= 0.6 is 0 Å². The third-order valence-corrected chi connectivity index (χ3v) is 5.39. The van der Waals surface area contributed by atoms with Gasteiger partial charge >= 0.3 is 12.4 Å². The minimum absolute atomic E-state index is 0.208. The zero-order valence-corrected chi connectivity index (χ0v) is 15.9. The zero-order valence-electron chi connectivity index (χ0n) is 15.9. The van der Waals surface area contributed by atoms with E-state index in [1.165, 1.54) is 6.07 Å². The molecule has 0 bridgehead atoms. The standard InChI is InChI=1S/C18H19F6N5O2/c19-17(20,21)10-2-1-9(7-27-10)29-5-3-8(4-6-29)13(25)11-12(18(22,23)24)14(30)16(31)28-15(11)26/h1-2,7-8,12,14,30H,3-6,25H2,(H2,26,28,31)/t12-,14-/m1/s1. The fraction of sp³-hybridized carbons (Fsp3) is 0.500. The van der Waals surface area contributed by atoms with Crippen LogP contribution in [0.15, 0.2) is 34.6 Å². The van der Waals surface area contributed by atoms with Crippen LogP contribution in [0, 0.1) is 11.8 Å². The molecular weight excluding hydrogens is 432 g/mol. The van der Waals surface area contributed by atoms with E-state index in [9.17, 15) is 36.2 Å². The third kappa shape index (κ3) is 4.60. The summed E-state index contributed by atoms with van der Waals surface area (Å²) >= 11 is 0. The Hall–Kier alpha value is -2.83. The van der Waals surface area contributed by atoms with E-state index in [0.29, 0.717) is 18.8 Å². The Morgan fingerprint density at radius 1 is 1.13 bits per heavy atom. The van der Waals surface area contributed by atoms with Crippen molar-refractivity contribution in [2.45, 2.75) is 31.3 Å². The number of halogens is 6. The van der Waals surface area contributed by atoms with Crippen LogP contribution in [0.1, 0.15) is 18.5 Å². The van der Waals surface area contributed by atoms with Crippen molar-refractivity contribution >= 4 is 17.4 Å². The first-order valence-corrected chi connectivity index (χ1v) is 9.21. The lowest BCUT2D eigenvalue weighted by atomic mass is 9.82. The van der Waals surface area contributed by atoms with Crippen molar-refractivity contribution in [1.29, 1.82) is 0 Å². The van der Waals surface area contributed by atoms with Gasteiger partial charge in [-0.3, -0.25) is 4.79 Å². The Morgan fingerprint density at radius 2 is 1.74 bits per heavy atom. The molecule has 1 saturated heterocycles. The number of aliphatic hydroxyl groups is 1. The van der Waals surface area contributed by atoms with Gasteiger partial charge < -0.3 is 21.5 Å². The molecular formula is C18H19F6N5O2. The van der Waals surface area contributed by atoms with Crippen LogP contribution in [0.2, 0.25) is 0 Å². The highest BCUT2D eigenvalue weighted by Crippen LogP contribution is 2.40. The average molecular weight is 451 g/mol. The lowest BCUT2D eigenvalue weighted by Crippen LogP contribution is -2.49. The lowest BCUT2D eigenvalue weighted by molar-refractivity contribution is -0.190. The van der Waals surface area contributed by atoms with E-state index in [0.717, 1.165) is 12.3 Å². The van der Waals surface area contributed by atoms with Gasteiger partial charge in [-0.2, -0.15) is 31.3 Å². The quantitative estimate of drug-likeness (QED) is 0.592.